The summed E-state index contributed by atoms with van der Waals surface area (Å²) in [5.41, 5.74) is 4.93. The normalized spacial score (nSPS) is 18.7. The summed E-state index contributed by atoms with van der Waals surface area (Å²) in [7, 11) is 4.26. The van der Waals surface area contributed by atoms with Crippen LogP contribution in [0.15, 0.2) is 54.7 Å². The predicted octanol–water partition coefficient (Wildman–Crippen LogP) is 4.10. The Morgan fingerprint density at radius 2 is 1.84 bits per heavy atom. The van der Waals surface area contributed by atoms with Crippen LogP contribution in [-0.2, 0) is 5.54 Å². The maximum Gasteiger partial charge on any atom is 0.252 e. The molecule has 1 saturated heterocycles. The van der Waals surface area contributed by atoms with Crippen molar-refractivity contribution in [2.45, 2.75) is 37.8 Å². The number of carbonyl (C=O) groups excluding carboxylic acids is 1. The molecule has 2 heterocycles. The van der Waals surface area contributed by atoms with E-state index in [4.69, 9.17) is 0 Å². The van der Waals surface area contributed by atoms with Crippen LogP contribution in [0, 0.1) is 6.92 Å². The van der Waals surface area contributed by atoms with Gasteiger partial charge in [-0.2, -0.15) is 0 Å². The Morgan fingerprint density at radius 1 is 1.10 bits per heavy atom. The van der Waals surface area contributed by atoms with E-state index < -0.39 is 0 Å². The van der Waals surface area contributed by atoms with Gasteiger partial charge in [-0.15, -0.1) is 0 Å². The van der Waals surface area contributed by atoms with Crippen LogP contribution in [-0.4, -0.2) is 48.5 Å². The van der Waals surface area contributed by atoms with Gasteiger partial charge in [0.1, 0.15) is 0 Å². The zero-order valence-electron chi connectivity index (χ0n) is 18.8. The van der Waals surface area contributed by atoms with Crippen molar-refractivity contribution in [1.82, 2.24) is 15.2 Å². The SMILES string of the molecule is Cc1ccc(N2CC(C)(N(C)C)C2)cc1C(=O)NC1(c2ccnc3ccccc23)CC1. The molecular weight excluding hydrogens is 384 g/mol. The molecule has 2 fully saturated rings. The number of nitrogens with zero attached hydrogens (tertiary/aromatic N) is 3. The number of anilines is 1. The highest BCUT2D eigenvalue weighted by Gasteiger charge is 2.47. The number of amides is 1. The van der Waals surface area contributed by atoms with Gasteiger partial charge in [-0.3, -0.25) is 9.78 Å². The highest BCUT2D eigenvalue weighted by molar-refractivity contribution is 5.98. The number of carbonyl (C=O) groups is 1. The Bertz CT molecular complexity index is 1150. The van der Waals surface area contributed by atoms with Crippen LogP contribution in [0.5, 0.6) is 0 Å². The molecule has 5 heteroatoms. The molecule has 0 bridgehead atoms. The van der Waals surface area contributed by atoms with Crippen LogP contribution < -0.4 is 10.2 Å². The van der Waals surface area contributed by atoms with E-state index in [0.717, 1.165) is 53.6 Å². The van der Waals surface area contributed by atoms with Crippen molar-refractivity contribution in [3.05, 3.63) is 71.4 Å². The fraction of sp³-hybridized carbons (Fsp3) is 0.385. The second-order valence-corrected chi connectivity index (χ2v) is 9.66. The van der Waals surface area contributed by atoms with Crippen LogP contribution in [0.2, 0.25) is 0 Å². The molecule has 31 heavy (non-hydrogen) atoms. The summed E-state index contributed by atoms with van der Waals surface area (Å²) < 4.78 is 0. The molecule has 1 amide bonds. The summed E-state index contributed by atoms with van der Waals surface area (Å²) in [6.07, 6.45) is 3.76. The molecule has 1 aliphatic heterocycles. The van der Waals surface area contributed by atoms with Crippen molar-refractivity contribution < 1.29 is 4.79 Å². The van der Waals surface area contributed by atoms with E-state index >= 15 is 0 Å². The van der Waals surface area contributed by atoms with Gasteiger partial charge in [-0.05, 0) is 76.2 Å². The molecule has 5 nitrogen and oxygen atoms in total. The summed E-state index contributed by atoms with van der Waals surface area (Å²) >= 11 is 0. The number of likely N-dealkylation sites (N-methyl/N-ethyl adjacent to an activating group) is 1. The van der Waals surface area contributed by atoms with Crippen molar-refractivity contribution >= 4 is 22.5 Å². The lowest BCUT2D eigenvalue weighted by Gasteiger charge is -2.53. The van der Waals surface area contributed by atoms with E-state index in [1.807, 2.05) is 31.3 Å². The minimum Gasteiger partial charge on any atom is -0.368 e. The molecule has 0 unspecified atom stereocenters. The zero-order chi connectivity index (χ0) is 21.8. The van der Waals surface area contributed by atoms with Gasteiger partial charge in [0, 0.05) is 35.9 Å². The molecule has 3 aromatic rings. The molecule has 2 aliphatic rings. The summed E-state index contributed by atoms with van der Waals surface area (Å²) in [5.74, 6) is 0.00800. The average molecular weight is 415 g/mol. The Hall–Kier alpha value is -2.92. The summed E-state index contributed by atoms with van der Waals surface area (Å²) in [6.45, 7) is 6.23. The fourth-order valence-corrected chi connectivity index (χ4v) is 4.68. The van der Waals surface area contributed by atoms with Crippen LogP contribution >= 0.6 is 0 Å². The Kier molecular flexibility index (Phi) is 4.56. The van der Waals surface area contributed by atoms with Crippen LogP contribution in [0.1, 0.15) is 41.3 Å². The molecule has 0 spiro atoms. The van der Waals surface area contributed by atoms with Crippen molar-refractivity contribution in [3.8, 4) is 0 Å². The number of aromatic nitrogens is 1. The third kappa shape index (κ3) is 3.37. The summed E-state index contributed by atoms with van der Waals surface area (Å²) in [4.78, 5) is 22.5. The lowest BCUT2D eigenvalue weighted by atomic mass is 9.89. The Labute approximate surface area is 184 Å². The first-order valence-corrected chi connectivity index (χ1v) is 11.0. The second-order valence-electron chi connectivity index (χ2n) is 9.66. The first-order chi connectivity index (χ1) is 14.8. The number of rotatable bonds is 5. The third-order valence-electron chi connectivity index (χ3n) is 7.24. The minimum absolute atomic E-state index is 0.00800. The van der Waals surface area contributed by atoms with E-state index in [-0.39, 0.29) is 17.0 Å². The van der Waals surface area contributed by atoms with Crippen molar-refractivity contribution in [1.29, 1.82) is 0 Å². The van der Waals surface area contributed by atoms with Crippen LogP contribution in [0.3, 0.4) is 0 Å². The van der Waals surface area contributed by atoms with Gasteiger partial charge in [-0.1, -0.05) is 24.3 Å². The highest BCUT2D eigenvalue weighted by Crippen LogP contribution is 2.48. The van der Waals surface area contributed by atoms with E-state index in [2.05, 4.69) is 71.5 Å². The third-order valence-corrected chi connectivity index (χ3v) is 7.24. The van der Waals surface area contributed by atoms with Crippen molar-refractivity contribution in [3.63, 3.8) is 0 Å². The van der Waals surface area contributed by atoms with Gasteiger partial charge in [0.15, 0.2) is 0 Å². The Balaban J connectivity index is 1.40. The number of para-hydroxylation sites is 1. The van der Waals surface area contributed by atoms with E-state index in [9.17, 15) is 4.79 Å². The topological polar surface area (TPSA) is 48.5 Å². The minimum atomic E-state index is -0.289. The van der Waals surface area contributed by atoms with Crippen molar-refractivity contribution in [2.24, 2.45) is 0 Å². The number of nitrogens with one attached hydrogen (secondary N) is 1. The number of benzene rings is 2. The quantitative estimate of drug-likeness (QED) is 0.683. The fourth-order valence-electron chi connectivity index (χ4n) is 4.68. The average Bonchev–Trinajstić information content (AvgIpc) is 3.51. The first kappa shape index (κ1) is 20.0. The molecular formula is C26H30N4O. The molecule has 1 aliphatic carbocycles. The number of hydrogen-bond donors (Lipinski definition) is 1. The van der Waals surface area contributed by atoms with Crippen LogP contribution in [0.25, 0.3) is 10.9 Å². The van der Waals surface area contributed by atoms with E-state index in [1.54, 1.807) is 0 Å². The lowest BCUT2D eigenvalue weighted by Crippen LogP contribution is -2.67. The molecule has 1 saturated carbocycles. The molecule has 5 rings (SSSR count). The molecule has 1 aromatic heterocycles. The van der Waals surface area contributed by atoms with Crippen LogP contribution in [0.4, 0.5) is 5.69 Å². The molecule has 0 radical (unpaired) electrons. The number of hydrogen-bond acceptors (Lipinski definition) is 4. The van der Waals surface area contributed by atoms with E-state index in [0.29, 0.717) is 0 Å². The summed E-state index contributed by atoms with van der Waals surface area (Å²) in [5, 5.41) is 4.50. The highest BCUT2D eigenvalue weighted by atomic mass is 16.1. The van der Waals surface area contributed by atoms with E-state index in [1.165, 1.54) is 5.56 Å². The standard InChI is InChI=1S/C26H30N4O/c1-18-9-10-19(30-16-25(2,17-30)29(3)4)15-21(18)24(31)28-26(12-13-26)22-11-14-27-23-8-6-5-7-20(22)23/h5-11,14-15H,12-13,16-17H2,1-4H3,(H,28,31). The first-order valence-electron chi connectivity index (χ1n) is 11.0. The smallest absolute Gasteiger partial charge is 0.252 e. The molecule has 2 aromatic carbocycles. The number of fused-ring (bicyclic) bond motifs is 1. The molecule has 1 N–H and O–H groups in total. The van der Waals surface area contributed by atoms with Gasteiger partial charge < -0.3 is 15.1 Å². The Morgan fingerprint density at radius 3 is 2.55 bits per heavy atom. The van der Waals surface area contributed by atoms with Crippen molar-refractivity contribution in [2.75, 3.05) is 32.1 Å². The maximum atomic E-state index is 13.4. The predicted molar refractivity (Wildman–Crippen MR) is 126 cm³/mol. The summed E-state index contributed by atoms with van der Waals surface area (Å²) in [6, 6.07) is 16.5. The largest absolute Gasteiger partial charge is 0.368 e. The van der Waals surface area contributed by atoms with Gasteiger partial charge in [0.2, 0.25) is 0 Å². The van der Waals surface area contributed by atoms with Gasteiger partial charge >= 0.3 is 0 Å². The molecule has 0 atom stereocenters. The van der Waals surface area contributed by atoms with Gasteiger partial charge in [0.05, 0.1) is 16.6 Å². The van der Waals surface area contributed by atoms with Gasteiger partial charge in [0.25, 0.3) is 5.91 Å². The number of pyridine rings is 1. The number of aryl methyl sites for hydroxylation is 1. The van der Waals surface area contributed by atoms with Gasteiger partial charge in [-0.25, -0.2) is 0 Å². The molecule has 160 valence electrons. The lowest BCUT2D eigenvalue weighted by molar-refractivity contribution is 0.0930. The monoisotopic (exact) mass is 414 g/mol. The zero-order valence-corrected chi connectivity index (χ0v) is 18.8. The maximum absolute atomic E-state index is 13.4. The second kappa shape index (κ2) is 7.06.